The van der Waals surface area contributed by atoms with Crippen LogP contribution in [0.4, 0.5) is 10.1 Å². The molecule has 1 aliphatic heterocycles. The van der Waals surface area contributed by atoms with Crippen molar-refractivity contribution in [3.63, 3.8) is 0 Å². The molecule has 0 radical (unpaired) electrons. The van der Waals surface area contributed by atoms with Gasteiger partial charge in [-0.2, -0.15) is 5.26 Å². The van der Waals surface area contributed by atoms with Gasteiger partial charge in [0, 0.05) is 11.3 Å². The lowest BCUT2D eigenvalue weighted by Crippen LogP contribution is -2.39. The van der Waals surface area contributed by atoms with E-state index in [1.807, 2.05) is 13.0 Å². The Morgan fingerprint density at radius 1 is 1.15 bits per heavy atom. The van der Waals surface area contributed by atoms with Crippen molar-refractivity contribution in [2.45, 2.75) is 19.4 Å². The van der Waals surface area contributed by atoms with Gasteiger partial charge < -0.3 is 9.67 Å². The van der Waals surface area contributed by atoms with Crippen LogP contribution in [0.15, 0.2) is 54.6 Å². The minimum atomic E-state index is -0.457. The van der Waals surface area contributed by atoms with Gasteiger partial charge >= 0.3 is 0 Å². The number of phenols is 1. The summed E-state index contributed by atoms with van der Waals surface area (Å²) in [7, 11) is 0. The number of hydrogen-bond donors (Lipinski definition) is 1. The molecule has 4 rings (SSSR count). The second-order valence-electron chi connectivity index (χ2n) is 6.37. The van der Waals surface area contributed by atoms with Gasteiger partial charge in [-0.05, 0) is 61.0 Å². The number of amides is 1. The maximum atomic E-state index is 14.1. The van der Waals surface area contributed by atoms with Crippen LogP contribution in [0.1, 0.15) is 41.1 Å². The summed E-state index contributed by atoms with van der Waals surface area (Å²) >= 11 is 0. The zero-order chi connectivity index (χ0) is 19.1. The minimum absolute atomic E-state index is 0.0659. The number of carbonyl (C=O) groups excluding carboxylic acids is 1. The summed E-state index contributed by atoms with van der Waals surface area (Å²) in [6.07, 6.45) is 0.592. The molecule has 1 amide bonds. The summed E-state index contributed by atoms with van der Waals surface area (Å²) in [6, 6.07) is 15.5. The molecule has 3 aromatic rings. The first-order valence-corrected chi connectivity index (χ1v) is 8.59. The Hall–Kier alpha value is -3.59. The van der Waals surface area contributed by atoms with Crippen molar-refractivity contribution in [2.75, 3.05) is 4.90 Å². The molecule has 0 spiro atoms. The third-order valence-corrected chi connectivity index (χ3v) is 4.84. The van der Waals surface area contributed by atoms with E-state index < -0.39 is 5.82 Å². The molecule has 134 valence electrons. The predicted molar refractivity (Wildman–Crippen MR) is 98.4 cm³/mol. The van der Waals surface area contributed by atoms with Crippen LogP contribution in [-0.4, -0.2) is 15.6 Å². The molecule has 1 unspecified atom stereocenters. The first kappa shape index (κ1) is 16.9. The number of fused-ring (bicyclic) bond motifs is 3. The van der Waals surface area contributed by atoms with Crippen LogP contribution in [0.25, 0.3) is 5.69 Å². The van der Waals surface area contributed by atoms with Crippen LogP contribution in [-0.2, 0) is 0 Å². The van der Waals surface area contributed by atoms with E-state index in [-0.39, 0.29) is 17.7 Å². The summed E-state index contributed by atoms with van der Waals surface area (Å²) in [5, 5.41) is 18.9. The number of nitrogens with zero attached hydrogens (tertiary/aromatic N) is 3. The van der Waals surface area contributed by atoms with E-state index in [4.69, 9.17) is 0 Å². The Balaban J connectivity index is 1.94. The second-order valence-corrected chi connectivity index (χ2v) is 6.37. The van der Waals surface area contributed by atoms with Crippen LogP contribution in [0.3, 0.4) is 0 Å². The van der Waals surface area contributed by atoms with Crippen molar-refractivity contribution >= 4 is 11.6 Å². The lowest BCUT2D eigenvalue weighted by atomic mass is 10.0. The van der Waals surface area contributed by atoms with Gasteiger partial charge in [-0.1, -0.05) is 6.92 Å². The Morgan fingerprint density at radius 2 is 1.89 bits per heavy atom. The van der Waals surface area contributed by atoms with Gasteiger partial charge in [0.25, 0.3) is 5.91 Å². The average Bonchev–Trinajstić information content (AvgIpc) is 3.10. The number of aromatic nitrogens is 1. The Morgan fingerprint density at radius 3 is 2.56 bits per heavy atom. The third-order valence-electron chi connectivity index (χ3n) is 4.84. The van der Waals surface area contributed by atoms with E-state index in [1.54, 1.807) is 21.6 Å². The molecule has 1 aromatic heterocycles. The SMILES string of the molecule is CCC1c2ccc(C#N)n2-c2ccc(F)cc2N1C(=O)c1ccc(O)cc1. The standard InChI is InChI=1S/C21H16FN3O2/c1-2-17-18-10-6-15(12-23)24(18)19-9-5-14(22)11-20(19)25(17)21(27)13-3-7-16(26)8-4-13/h3-11,17,26H,2H2,1H3. The van der Waals surface area contributed by atoms with Crippen molar-refractivity contribution < 1.29 is 14.3 Å². The smallest absolute Gasteiger partial charge is 0.258 e. The zero-order valence-electron chi connectivity index (χ0n) is 14.6. The molecule has 5 nitrogen and oxygen atoms in total. The highest BCUT2D eigenvalue weighted by atomic mass is 19.1. The topological polar surface area (TPSA) is 69.3 Å². The molecule has 1 atom stereocenters. The fourth-order valence-electron chi connectivity index (χ4n) is 3.63. The molecule has 2 aromatic carbocycles. The third kappa shape index (κ3) is 2.56. The van der Waals surface area contributed by atoms with Crippen molar-refractivity contribution in [3.05, 3.63) is 77.4 Å². The highest BCUT2D eigenvalue weighted by Crippen LogP contribution is 2.42. The fourth-order valence-corrected chi connectivity index (χ4v) is 3.63. The van der Waals surface area contributed by atoms with E-state index >= 15 is 0 Å². The number of hydrogen-bond acceptors (Lipinski definition) is 3. The molecule has 0 saturated heterocycles. The van der Waals surface area contributed by atoms with Crippen LogP contribution < -0.4 is 4.90 Å². The summed E-state index contributed by atoms with van der Waals surface area (Å²) in [4.78, 5) is 14.9. The van der Waals surface area contributed by atoms with Gasteiger partial charge in [0.2, 0.25) is 0 Å². The highest BCUT2D eigenvalue weighted by Gasteiger charge is 2.36. The van der Waals surface area contributed by atoms with Gasteiger partial charge in [-0.3, -0.25) is 9.69 Å². The molecular weight excluding hydrogens is 345 g/mol. The number of rotatable bonds is 2. The molecule has 0 fully saturated rings. The Labute approximate surface area is 155 Å². The second kappa shape index (κ2) is 6.29. The quantitative estimate of drug-likeness (QED) is 0.740. The number of phenolic OH excluding ortho intramolecular Hbond substituents is 1. The van der Waals surface area contributed by atoms with Gasteiger partial charge in [-0.15, -0.1) is 0 Å². The molecule has 27 heavy (non-hydrogen) atoms. The van der Waals surface area contributed by atoms with E-state index in [1.165, 1.54) is 36.4 Å². The van der Waals surface area contributed by atoms with Gasteiger partial charge in [0.05, 0.1) is 17.4 Å². The molecule has 0 aliphatic carbocycles. The van der Waals surface area contributed by atoms with E-state index in [0.29, 0.717) is 29.1 Å². The number of aromatic hydroxyl groups is 1. The molecule has 6 heteroatoms. The summed E-state index contributed by atoms with van der Waals surface area (Å²) in [5.74, 6) is -0.683. The zero-order valence-corrected chi connectivity index (χ0v) is 14.6. The first-order valence-electron chi connectivity index (χ1n) is 8.59. The van der Waals surface area contributed by atoms with E-state index in [2.05, 4.69) is 6.07 Å². The van der Waals surface area contributed by atoms with Crippen LogP contribution >= 0.6 is 0 Å². The number of halogens is 1. The van der Waals surface area contributed by atoms with E-state index in [9.17, 15) is 19.6 Å². The maximum Gasteiger partial charge on any atom is 0.258 e. The predicted octanol–water partition coefficient (Wildman–Crippen LogP) is 4.31. The molecule has 2 heterocycles. The summed E-state index contributed by atoms with van der Waals surface area (Å²) < 4.78 is 15.8. The summed E-state index contributed by atoms with van der Waals surface area (Å²) in [5.41, 5.74) is 2.64. The molecule has 0 saturated carbocycles. The number of carbonyl (C=O) groups is 1. The fraction of sp³-hybridized carbons (Fsp3) is 0.143. The van der Waals surface area contributed by atoms with Gasteiger partial charge in [-0.25, -0.2) is 4.39 Å². The Bertz CT molecular complexity index is 1080. The monoisotopic (exact) mass is 361 g/mol. The van der Waals surface area contributed by atoms with Crippen molar-refractivity contribution in [1.82, 2.24) is 4.57 Å². The summed E-state index contributed by atoms with van der Waals surface area (Å²) in [6.45, 7) is 1.94. The molecule has 1 aliphatic rings. The Kier molecular flexibility index (Phi) is 3.93. The van der Waals surface area contributed by atoms with Crippen LogP contribution in [0.2, 0.25) is 0 Å². The molecule has 1 N–H and O–H groups in total. The normalized spacial score (nSPS) is 15.0. The van der Waals surface area contributed by atoms with Crippen molar-refractivity contribution in [1.29, 1.82) is 5.26 Å². The lowest BCUT2D eigenvalue weighted by Gasteiger charge is -2.38. The molecule has 0 bridgehead atoms. The van der Waals surface area contributed by atoms with E-state index in [0.717, 1.165) is 5.69 Å². The molecular formula is C21H16FN3O2. The first-order chi connectivity index (χ1) is 13.0. The lowest BCUT2D eigenvalue weighted by molar-refractivity contribution is 0.0973. The van der Waals surface area contributed by atoms with Crippen LogP contribution in [0.5, 0.6) is 5.75 Å². The largest absolute Gasteiger partial charge is 0.508 e. The average molecular weight is 361 g/mol. The van der Waals surface area contributed by atoms with Gasteiger partial charge in [0.15, 0.2) is 0 Å². The number of nitriles is 1. The highest BCUT2D eigenvalue weighted by molar-refractivity contribution is 6.08. The minimum Gasteiger partial charge on any atom is -0.508 e. The van der Waals surface area contributed by atoms with Crippen LogP contribution in [0, 0.1) is 17.1 Å². The van der Waals surface area contributed by atoms with Crippen molar-refractivity contribution in [3.8, 4) is 17.5 Å². The number of anilines is 1. The number of benzene rings is 2. The van der Waals surface area contributed by atoms with Gasteiger partial charge in [0.1, 0.15) is 23.3 Å². The maximum absolute atomic E-state index is 14.1. The van der Waals surface area contributed by atoms with Crippen molar-refractivity contribution in [2.24, 2.45) is 0 Å².